The molecule has 2 rings (SSSR count). The lowest BCUT2D eigenvalue weighted by molar-refractivity contribution is 0.0741. The van der Waals surface area contributed by atoms with Crippen molar-refractivity contribution < 1.29 is 13.6 Å². The SMILES string of the molecule is Cc1ccc(F)cc1C(=O)N(C)C(C)c1ccc(F)cc1. The van der Waals surface area contributed by atoms with E-state index < -0.39 is 5.82 Å². The highest BCUT2D eigenvalue weighted by atomic mass is 19.1. The third kappa shape index (κ3) is 3.27. The summed E-state index contributed by atoms with van der Waals surface area (Å²) in [5, 5.41) is 0. The number of carbonyl (C=O) groups excluding carboxylic acids is 1. The zero-order valence-electron chi connectivity index (χ0n) is 12.2. The van der Waals surface area contributed by atoms with Crippen molar-refractivity contribution in [1.82, 2.24) is 4.90 Å². The maximum atomic E-state index is 13.3. The Labute approximate surface area is 123 Å². The minimum Gasteiger partial charge on any atom is -0.335 e. The van der Waals surface area contributed by atoms with Gasteiger partial charge in [0.1, 0.15) is 11.6 Å². The van der Waals surface area contributed by atoms with E-state index in [-0.39, 0.29) is 17.8 Å². The number of halogens is 2. The van der Waals surface area contributed by atoms with Crippen LogP contribution >= 0.6 is 0 Å². The van der Waals surface area contributed by atoms with Crippen LogP contribution in [0.15, 0.2) is 42.5 Å². The average molecular weight is 289 g/mol. The zero-order chi connectivity index (χ0) is 15.6. The number of aryl methyl sites for hydroxylation is 1. The lowest BCUT2D eigenvalue weighted by Gasteiger charge is -2.26. The Bertz CT molecular complexity index is 652. The monoisotopic (exact) mass is 289 g/mol. The highest BCUT2D eigenvalue weighted by Crippen LogP contribution is 2.22. The van der Waals surface area contributed by atoms with E-state index in [0.29, 0.717) is 5.56 Å². The molecule has 4 heteroatoms. The van der Waals surface area contributed by atoms with Crippen molar-refractivity contribution in [2.75, 3.05) is 7.05 Å². The number of rotatable bonds is 3. The zero-order valence-corrected chi connectivity index (χ0v) is 12.2. The number of hydrogen-bond donors (Lipinski definition) is 0. The second kappa shape index (κ2) is 6.04. The number of nitrogens with zero attached hydrogens (tertiary/aromatic N) is 1. The van der Waals surface area contributed by atoms with E-state index in [1.807, 2.05) is 6.92 Å². The number of carbonyl (C=O) groups is 1. The molecule has 0 heterocycles. The topological polar surface area (TPSA) is 20.3 Å². The van der Waals surface area contributed by atoms with E-state index in [4.69, 9.17) is 0 Å². The molecule has 0 N–H and O–H groups in total. The summed E-state index contributed by atoms with van der Waals surface area (Å²) >= 11 is 0. The molecule has 1 atom stereocenters. The van der Waals surface area contributed by atoms with E-state index in [0.717, 1.165) is 11.1 Å². The normalized spacial score (nSPS) is 12.0. The molecule has 2 nitrogen and oxygen atoms in total. The molecule has 0 aliphatic carbocycles. The molecule has 110 valence electrons. The Kier molecular flexibility index (Phi) is 4.36. The van der Waals surface area contributed by atoms with Crippen molar-refractivity contribution >= 4 is 5.91 Å². The molecule has 0 bridgehead atoms. The summed E-state index contributed by atoms with van der Waals surface area (Å²) in [5.74, 6) is -1.02. The molecule has 21 heavy (non-hydrogen) atoms. The van der Waals surface area contributed by atoms with Crippen LogP contribution in [0.1, 0.15) is 34.5 Å². The number of amides is 1. The fourth-order valence-corrected chi connectivity index (χ4v) is 2.16. The first-order chi connectivity index (χ1) is 9.90. The van der Waals surface area contributed by atoms with Gasteiger partial charge in [0.25, 0.3) is 5.91 Å². The molecular weight excluding hydrogens is 272 g/mol. The molecule has 0 aliphatic rings. The standard InChI is InChI=1S/C17H17F2NO/c1-11-4-7-15(19)10-16(11)17(21)20(3)12(2)13-5-8-14(18)9-6-13/h4-10,12H,1-3H3. The van der Waals surface area contributed by atoms with Gasteiger partial charge in [-0.15, -0.1) is 0 Å². The highest BCUT2D eigenvalue weighted by Gasteiger charge is 2.20. The van der Waals surface area contributed by atoms with Crippen LogP contribution in [0.2, 0.25) is 0 Å². The molecule has 1 unspecified atom stereocenters. The molecule has 2 aromatic rings. The summed E-state index contributed by atoms with van der Waals surface area (Å²) in [7, 11) is 1.65. The van der Waals surface area contributed by atoms with Crippen molar-refractivity contribution in [2.24, 2.45) is 0 Å². The van der Waals surface area contributed by atoms with Gasteiger partial charge < -0.3 is 4.90 Å². The largest absolute Gasteiger partial charge is 0.335 e. The molecule has 0 saturated heterocycles. The smallest absolute Gasteiger partial charge is 0.254 e. The van der Waals surface area contributed by atoms with Gasteiger partial charge in [-0.2, -0.15) is 0 Å². The summed E-state index contributed by atoms with van der Waals surface area (Å²) in [6, 6.07) is 9.92. The minimum atomic E-state index is -0.438. The van der Waals surface area contributed by atoms with E-state index in [9.17, 15) is 13.6 Å². The number of benzene rings is 2. The van der Waals surface area contributed by atoms with E-state index in [1.54, 1.807) is 32.2 Å². The first kappa shape index (κ1) is 15.2. The van der Waals surface area contributed by atoms with Gasteiger partial charge in [0.2, 0.25) is 0 Å². The van der Waals surface area contributed by atoms with Gasteiger partial charge in [0.15, 0.2) is 0 Å². The summed E-state index contributed by atoms with van der Waals surface area (Å²) in [6.45, 7) is 3.61. The van der Waals surface area contributed by atoms with Gasteiger partial charge in [-0.05, 0) is 49.2 Å². The third-order valence-electron chi connectivity index (χ3n) is 3.68. The van der Waals surface area contributed by atoms with Crippen LogP contribution in [0.4, 0.5) is 8.78 Å². The molecule has 0 fully saturated rings. The second-order valence-corrected chi connectivity index (χ2v) is 5.10. The molecule has 2 aromatic carbocycles. The molecule has 1 amide bonds. The van der Waals surface area contributed by atoms with Crippen LogP contribution in [0.5, 0.6) is 0 Å². The van der Waals surface area contributed by atoms with Gasteiger partial charge in [-0.25, -0.2) is 8.78 Å². The Morgan fingerprint density at radius 3 is 2.24 bits per heavy atom. The van der Waals surface area contributed by atoms with Crippen LogP contribution in [0.25, 0.3) is 0 Å². The molecule has 0 radical (unpaired) electrons. The van der Waals surface area contributed by atoms with E-state index in [1.165, 1.54) is 29.2 Å². The van der Waals surface area contributed by atoms with E-state index >= 15 is 0 Å². The Morgan fingerprint density at radius 1 is 1.05 bits per heavy atom. The van der Waals surface area contributed by atoms with Crippen LogP contribution in [0, 0.1) is 18.6 Å². The van der Waals surface area contributed by atoms with Gasteiger partial charge in [-0.3, -0.25) is 4.79 Å². The lowest BCUT2D eigenvalue weighted by Crippen LogP contribution is -2.30. The van der Waals surface area contributed by atoms with Crippen molar-refractivity contribution in [1.29, 1.82) is 0 Å². The van der Waals surface area contributed by atoms with Crippen LogP contribution in [0.3, 0.4) is 0 Å². The fourth-order valence-electron chi connectivity index (χ4n) is 2.16. The van der Waals surface area contributed by atoms with Gasteiger partial charge in [0, 0.05) is 12.6 Å². The molecular formula is C17H17F2NO. The van der Waals surface area contributed by atoms with Gasteiger partial charge >= 0.3 is 0 Å². The Morgan fingerprint density at radius 2 is 1.62 bits per heavy atom. The number of hydrogen-bond acceptors (Lipinski definition) is 1. The van der Waals surface area contributed by atoms with Gasteiger partial charge in [0.05, 0.1) is 6.04 Å². The molecule has 0 aromatic heterocycles. The Hall–Kier alpha value is -2.23. The third-order valence-corrected chi connectivity index (χ3v) is 3.68. The lowest BCUT2D eigenvalue weighted by atomic mass is 10.0. The average Bonchev–Trinajstić information content (AvgIpc) is 2.48. The van der Waals surface area contributed by atoms with Gasteiger partial charge in [-0.1, -0.05) is 18.2 Å². The van der Waals surface area contributed by atoms with Crippen LogP contribution in [-0.4, -0.2) is 17.9 Å². The van der Waals surface area contributed by atoms with Crippen molar-refractivity contribution in [3.8, 4) is 0 Å². The molecule has 0 aliphatic heterocycles. The maximum absolute atomic E-state index is 13.3. The van der Waals surface area contributed by atoms with Crippen molar-refractivity contribution in [3.05, 3.63) is 70.8 Å². The van der Waals surface area contributed by atoms with Crippen LogP contribution in [-0.2, 0) is 0 Å². The summed E-state index contributed by atoms with van der Waals surface area (Å²) < 4.78 is 26.3. The summed E-state index contributed by atoms with van der Waals surface area (Å²) in [5.41, 5.74) is 1.88. The van der Waals surface area contributed by atoms with Crippen molar-refractivity contribution in [2.45, 2.75) is 19.9 Å². The first-order valence-corrected chi connectivity index (χ1v) is 6.69. The van der Waals surface area contributed by atoms with Crippen molar-refractivity contribution in [3.63, 3.8) is 0 Å². The predicted octanol–water partition coefficient (Wildman–Crippen LogP) is 4.11. The first-order valence-electron chi connectivity index (χ1n) is 6.69. The molecule has 0 saturated carbocycles. The fraction of sp³-hybridized carbons (Fsp3) is 0.235. The molecule has 0 spiro atoms. The summed E-state index contributed by atoms with van der Waals surface area (Å²) in [4.78, 5) is 14.0. The van der Waals surface area contributed by atoms with Crippen LogP contribution < -0.4 is 0 Å². The summed E-state index contributed by atoms with van der Waals surface area (Å²) in [6.07, 6.45) is 0. The van der Waals surface area contributed by atoms with E-state index in [2.05, 4.69) is 0 Å². The highest BCUT2D eigenvalue weighted by molar-refractivity contribution is 5.95. The predicted molar refractivity (Wildman–Crippen MR) is 78.0 cm³/mol. The minimum absolute atomic E-state index is 0.235. The Balaban J connectivity index is 2.26. The maximum Gasteiger partial charge on any atom is 0.254 e. The quantitative estimate of drug-likeness (QED) is 0.833. The second-order valence-electron chi connectivity index (χ2n) is 5.10.